The van der Waals surface area contributed by atoms with Gasteiger partial charge in [-0.3, -0.25) is 0 Å². The molecule has 0 saturated carbocycles. The number of imidazole rings is 1. The van der Waals surface area contributed by atoms with E-state index in [0.717, 1.165) is 28.1 Å². The van der Waals surface area contributed by atoms with Crippen molar-refractivity contribution in [2.75, 3.05) is 0 Å². The van der Waals surface area contributed by atoms with Crippen molar-refractivity contribution in [3.8, 4) is 17.0 Å². The topological polar surface area (TPSA) is 48.9 Å². The second kappa shape index (κ2) is 4.06. The molecule has 1 heterocycles. The van der Waals surface area contributed by atoms with E-state index in [1.54, 1.807) is 12.1 Å². The van der Waals surface area contributed by atoms with Crippen LogP contribution in [0.5, 0.6) is 5.75 Å². The number of phenolic OH excluding ortho intramolecular Hbond substituents is 1. The Kier molecular flexibility index (Phi) is 2.77. The zero-order chi connectivity index (χ0) is 10.8. The molecule has 0 bridgehead atoms. The van der Waals surface area contributed by atoms with E-state index >= 15 is 0 Å². The number of nitrogens with one attached hydrogen (secondary N) is 1. The van der Waals surface area contributed by atoms with Crippen LogP contribution in [0.2, 0.25) is 0 Å². The Morgan fingerprint density at radius 3 is 2.60 bits per heavy atom. The highest BCUT2D eigenvalue weighted by atomic mass is 79.9. The second-order valence-corrected chi connectivity index (χ2v) is 4.01. The minimum atomic E-state index is 0.270. The highest BCUT2D eigenvalue weighted by Crippen LogP contribution is 2.25. The predicted molar refractivity (Wildman–Crippen MR) is 62.8 cm³/mol. The zero-order valence-electron chi connectivity index (χ0n) is 8.29. The van der Waals surface area contributed by atoms with Gasteiger partial charge in [0.1, 0.15) is 5.75 Å². The van der Waals surface area contributed by atoms with Crippen LogP contribution >= 0.6 is 15.9 Å². The first kappa shape index (κ1) is 10.2. The van der Waals surface area contributed by atoms with Gasteiger partial charge in [-0.25, -0.2) is 4.98 Å². The molecule has 15 heavy (non-hydrogen) atoms. The summed E-state index contributed by atoms with van der Waals surface area (Å²) < 4.78 is 0.738. The van der Waals surface area contributed by atoms with E-state index in [4.69, 9.17) is 0 Å². The van der Waals surface area contributed by atoms with E-state index in [-0.39, 0.29) is 5.75 Å². The van der Waals surface area contributed by atoms with Crippen molar-refractivity contribution in [2.24, 2.45) is 0 Å². The molecule has 0 aliphatic rings. The Balaban J connectivity index is 2.48. The van der Waals surface area contributed by atoms with E-state index in [1.807, 2.05) is 12.1 Å². The van der Waals surface area contributed by atoms with Gasteiger partial charge in [0.25, 0.3) is 0 Å². The quantitative estimate of drug-likeness (QED) is 0.878. The SMILES string of the molecule is CCc1[nH]c(Br)nc1-c1ccc(O)cc1. The normalized spacial score (nSPS) is 10.5. The van der Waals surface area contributed by atoms with Gasteiger partial charge in [0.2, 0.25) is 0 Å². The highest BCUT2D eigenvalue weighted by Gasteiger charge is 2.09. The number of phenols is 1. The van der Waals surface area contributed by atoms with Gasteiger partial charge >= 0.3 is 0 Å². The third kappa shape index (κ3) is 2.04. The van der Waals surface area contributed by atoms with Crippen LogP contribution in [0.1, 0.15) is 12.6 Å². The summed E-state index contributed by atoms with van der Waals surface area (Å²) in [6.07, 6.45) is 0.898. The molecule has 2 N–H and O–H groups in total. The van der Waals surface area contributed by atoms with E-state index in [1.165, 1.54) is 0 Å². The fourth-order valence-electron chi connectivity index (χ4n) is 1.49. The van der Waals surface area contributed by atoms with Gasteiger partial charge in [-0.05, 0) is 46.6 Å². The van der Waals surface area contributed by atoms with Gasteiger partial charge in [0.05, 0.1) is 5.69 Å². The summed E-state index contributed by atoms with van der Waals surface area (Å²) in [4.78, 5) is 7.51. The number of aryl methyl sites for hydroxylation is 1. The number of aromatic hydroxyl groups is 1. The van der Waals surface area contributed by atoms with Gasteiger partial charge in [0.15, 0.2) is 4.73 Å². The van der Waals surface area contributed by atoms with Crippen molar-refractivity contribution < 1.29 is 5.11 Å². The number of H-pyrrole nitrogens is 1. The zero-order valence-corrected chi connectivity index (χ0v) is 9.87. The maximum atomic E-state index is 9.20. The molecule has 1 aromatic heterocycles. The van der Waals surface area contributed by atoms with Gasteiger partial charge in [-0.15, -0.1) is 0 Å². The van der Waals surface area contributed by atoms with Crippen LogP contribution in [0.15, 0.2) is 29.0 Å². The van der Waals surface area contributed by atoms with Crippen LogP contribution in [0.4, 0.5) is 0 Å². The average Bonchev–Trinajstić information content (AvgIpc) is 2.61. The summed E-state index contributed by atoms with van der Waals surface area (Å²) in [6, 6.07) is 7.04. The van der Waals surface area contributed by atoms with Crippen molar-refractivity contribution in [1.82, 2.24) is 9.97 Å². The molecular weight excluding hydrogens is 256 g/mol. The molecule has 0 aliphatic carbocycles. The summed E-state index contributed by atoms with van der Waals surface area (Å²) in [5.41, 5.74) is 3.03. The Bertz CT molecular complexity index is 462. The van der Waals surface area contributed by atoms with Crippen LogP contribution in [-0.4, -0.2) is 15.1 Å². The maximum Gasteiger partial charge on any atom is 0.175 e. The van der Waals surface area contributed by atoms with E-state index in [9.17, 15) is 5.11 Å². The van der Waals surface area contributed by atoms with Crippen LogP contribution < -0.4 is 0 Å². The maximum absolute atomic E-state index is 9.20. The molecule has 0 radical (unpaired) electrons. The molecule has 0 spiro atoms. The number of aromatic amines is 1. The van der Waals surface area contributed by atoms with Gasteiger partial charge < -0.3 is 10.1 Å². The summed E-state index contributed by atoms with van der Waals surface area (Å²) in [5.74, 6) is 0.270. The molecular formula is C11H11BrN2O. The molecule has 0 aliphatic heterocycles. The lowest BCUT2D eigenvalue weighted by Gasteiger charge is -2.00. The number of halogens is 1. The third-order valence-corrected chi connectivity index (χ3v) is 2.62. The Labute approximate surface area is 96.3 Å². The average molecular weight is 267 g/mol. The molecule has 2 aromatic rings. The van der Waals surface area contributed by atoms with E-state index in [2.05, 4.69) is 32.8 Å². The molecule has 78 valence electrons. The van der Waals surface area contributed by atoms with Gasteiger partial charge in [0, 0.05) is 11.3 Å². The van der Waals surface area contributed by atoms with E-state index < -0.39 is 0 Å². The molecule has 0 amide bonds. The fourth-order valence-corrected chi connectivity index (χ4v) is 1.91. The molecule has 0 atom stereocenters. The van der Waals surface area contributed by atoms with Crippen molar-refractivity contribution in [1.29, 1.82) is 0 Å². The molecule has 1 aromatic carbocycles. The van der Waals surface area contributed by atoms with Crippen molar-refractivity contribution in [3.05, 3.63) is 34.7 Å². The standard InChI is InChI=1S/C11H11BrN2O/c1-2-9-10(14-11(12)13-9)7-3-5-8(15)6-4-7/h3-6,15H,2H2,1H3,(H,13,14). The first-order chi connectivity index (χ1) is 7.20. The van der Waals surface area contributed by atoms with Crippen molar-refractivity contribution in [3.63, 3.8) is 0 Å². The highest BCUT2D eigenvalue weighted by molar-refractivity contribution is 9.10. The number of hydrogen-bond donors (Lipinski definition) is 2. The number of aromatic nitrogens is 2. The van der Waals surface area contributed by atoms with Crippen LogP contribution in [0.25, 0.3) is 11.3 Å². The Hall–Kier alpha value is -1.29. The second-order valence-electron chi connectivity index (χ2n) is 3.26. The van der Waals surface area contributed by atoms with Gasteiger partial charge in [-0.2, -0.15) is 0 Å². The number of nitrogens with zero attached hydrogens (tertiary/aromatic N) is 1. The molecule has 0 saturated heterocycles. The fraction of sp³-hybridized carbons (Fsp3) is 0.182. The summed E-state index contributed by atoms with van der Waals surface area (Å²) >= 11 is 3.32. The van der Waals surface area contributed by atoms with E-state index in [0.29, 0.717) is 0 Å². The summed E-state index contributed by atoms with van der Waals surface area (Å²) in [6.45, 7) is 2.07. The summed E-state index contributed by atoms with van der Waals surface area (Å²) in [7, 11) is 0. The van der Waals surface area contributed by atoms with Crippen LogP contribution in [-0.2, 0) is 6.42 Å². The first-order valence-corrected chi connectivity index (χ1v) is 5.53. The van der Waals surface area contributed by atoms with Gasteiger partial charge in [-0.1, -0.05) is 6.92 Å². The minimum Gasteiger partial charge on any atom is -0.508 e. The predicted octanol–water partition coefficient (Wildman–Crippen LogP) is 3.11. The monoisotopic (exact) mass is 266 g/mol. The molecule has 0 unspecified atom stereocenters. The lowest BCUT2D eigenvalue weighted by Crippen LogP contribution is -1.85. The van der Waals surface area contributed by atoms with Crippen LogP contribution in [0.3, 0.4) is 0 Å². The lowest BCUT2D eigenvalue weighted by molar-refractivity contribution is 0.475. The Morgan fingerprint density at radius 1 is 1.33 bits per heavy atom. The third-order valence-electron chi connectivity index (χ3n) is 2.24. The lowest BCUT2D eigenvalue weighted by atomic mass is 10.1. The number of rotatable bonds is 2. The smallest absolute Gasteiger partial charge is 0.175 e. The minimum absolute atomic E-state index is 0.270. The number of hydrogen-bond acceptors (Lipinski definition) is 2. The van der Waals surface area contributed by atoms with Crippen molar-refractivity contribution in [2.45, 2.75) is 13.3 Å². The van der Waals surface area contributed by atoms with Crippen molar-refractivity contribution >= 4 is 15.9 Å². The largest absolute Gasteiger partial charge is 0.508 e. The van der Waals surface area contributed by atoms with Crippen LogP contribution in [0, 0.1) is 0 Å². The number of benzene rings is 1. The molecule has 0 fully saturated rings. The first-order valence-electron chi connectivity index (χ1n) is 4.74. The molecule has 4 heteroatoms. The molecule has 2 rings (SSSR count). The molecule has 3 nitrogen and oxygen atoms in total. The Morgan fingerprint density at radius 2 is 2.00 bits per heavy atom. The summed E-state index contributed by atoms with van der Waals surface area (Å²) in [5, 5.41) is 9.20.